The molecule has 0 bridgehead atoms. The number of aliphatic hydroxyl groups excluding tert-OH is 3. The molecule has 2 aromatic rings. The fraction of sp³-hybridized carbons (Fsp3) is 0.667. The number of carbonyl (C=O) groups is 1. The molecule has 8 N–H and O–H groups in total. The highest BCUT2D eigenvalue weighted by molar-refractivity contribution is 5.88. The van der Waals surface area contributed by atoms with Crippen LogP contribution in [0.1, 0.15) is 38.3 Å². The van der Waals surface area contributed by atoms with E-state index in [9.17, 15) is 20.1 Å². The summed E-state index contributed by atoms with van der Waals surface area (Å²) in [5.41, 5.74) is 11.7. The van der Waals surface area contributed by atoms with Crippen molar-refractivity contribution < 1.29 is 24.9 Å². The molecule has 30 heavy (non-hydrogen) atoms. The smallest absolute Gasteiger partial charge is 0.239 e. The van der Waals surface area contributed by atoms with E-state index >= 15 is 0 Å². The zero-order valence-corrected chi connectivity index (χ0v) is 16.6. The highest BCUT2D eigenvalue weighted by atomic mass is 16.6. The first-order valence-electron chi connectivity index (χ1n) is 10.0. The number of nitrogens with two attached hydrogens (primary N) is 2. The van der Waals surface area contributed by atoms with E-state index in [1.807, 2.05) is 0 Å². The van der Waals surface area contributed by atoms with Crippen LogP contribution in [0, 0.1) is 0 Å². The maximum Gasteiger partial charge on any atom is 0.239 e. The summed E-state index contributed by atoms with van der Waals surface area (Å²) in [4.78, 5) is 24.5. The van der Waals surface area contributed by atoms with Gasteiger partial charge in [-0.1, -0.05) is 19.3 Å². The lowest BCUT2D eigenvalue weighted by Gasteiger charge is -2.17. The molecule has 12 nitrogen and oxygen atoms in total. The van der Waals surface area contributed by atoms with Gasteiger partial charge in [0.05, 0.1) is 12.9 Å². The van der Waals surface area contributed by atoms with Crippen LogP contribution < -0.4 is 16.8 Å². The highest BCUT2D eigenvalue weighted by Gasteiger charge is 2.44. The quantitative estimate of drug-likeness (QED) is 0.234. The van der Waals surface area contributed by atoms with Gasteiger partial charge in [-0.15, -0.1) is 0 Å². The molecule has 0 spiro atoms. The Morgan fingerprint density at radius 2 is 1.97 bits per heavy atom. The second-order valence-corrected chi connectivity index (χ2v) is 7.37. The number of hydrogen-bond acceptors (Lipinski definition) is 10. The van der Waals surface area contributed by atoms with Gasteiger partial charge < -0.3 is 36.8 Å². The van der Waals surface area contributed by atoms with E-state index in [2.05, 4.69) is 20.3 Å². The van der Waals surface area contributed by atoms with Gasteiger partial charge in [0.1, 0.15) is 30.7 Å². The molecule has 0 saturated carbocycles. The van der Waals surface area contributed by atoms with E-state index < -0.39 is 43.1 Å². The molecule has 3 rings (SSSR count). The van der Waals surface area contributed by atoms with Crippen molar-refractivity contribution in [2.75, 3.05) is 18.5 Å². The first kappa shape index (κ1) is 22.3. The van der Waals surface area contributed by atoms with E-state index in [4.69, 9.17) is 16.2 Å². The number of nitrogens with zero attached hydrogens (tertiary/aromatic N) is 4. The van der Waals surface area contributed by atoms with Crippen molar-refractivity contribution in [2.45, 2.75) is 62.7 Å². The Morgan fingerprint density at radius 3 is 2.63 bits per heavy atom. The summed E-state index contributed by atoms with van der Waals surface area (Å²) in [7, 11) is 0. The Balaban J connectivity index is 1.77. The molecule has 0 aliphatic carbocycles. The number of carbonyl (C=O) groups excluding carboxylic acids is 1. The standard InChI is InChI=1S/C18H29N7O5/c19-6-4-2-1-3-5-10(15(20)29)24-16-12-17(22-8-21-16)25(9-23-12)18-14(28)13(27)11(7-26)30-18/h8-11,13-14,18,26-28H,1-7,19H2,(H2,20,29)(H,21,22,24)/t10?,11-,13?,14?,18-/m1/s1. The number of imidazole rings is 1. The number of fused-ring (bicyclic) bond motifs is 1. The van der Waals surface area contributed by atoms with E-state index in [-0.39, 0.29) is 0 Å². The average molecular weight is 423 g/mol. The summed E-state index contributed by atoms with van der Waals surface area (Å²) in [6.45, 7) is 0.212. The number of ether oxygens (including phenoxy) is 1. The van der Waals surface area contributed by atoms with Gasteiger partial charge in [-0.3, -0.25) is 9.36 Å². The largest absolute Gasteiger partial charge is 0.394 e. The van der Waals surface area contributed by atoms with Gasteiger partial charge in [-0.25, -0.2) is 15.0 Å². The molecule has 3 unspecified atom stereocenters. The number of anilines is 1. The molecule has 3 heterocycles. The van der Waals surface area contributed by atoms with Gasteiger partial charge in [0, 0.05) is 0 Å². The van der Waals surface area contributed by atoms with Gasteiger partial charge in [-0.05, 0) is 19.4 Å². The molecular formula is C18H29N7O5. The second-order valence-electron chi connectivity index (χ2n) is 7.37. The van der Waals surface area contributed by atoms with E-state index in [1.165, 1.54) is 17.2 Å². The van der Waals surface area contributed by atoms with Crippen LogP contribution >= 0.6 is 0 Å². The third-order valence-corrected chi connectivity index (χ3v) is 5.25. The van der Waals surface area contributed by atoms with Crippen molar-refractivity contribution in [3.05, 3.63) is 12.7 Å². The minimum atomic E-state index is -1.27. The maximum atomic E-state index is 11.9. The normalized spacial score (nSPS) is 24.9. The van der Waals surface area contributed by atoms with Crippen molar-refractivity contribution in [2.24, 2.45) is 11.5 Å². The lowest BCUT2D eigenvalue weighted by molar-refractivity contribution is -0.118. The third-order valence-electron chi connectivity index (χ3n) is 5.25. The number of hydrogen-bond donors (Lipinski definition) is 6. The van der Waals surface area contributed by atoms with Gasteiger partial charge >= 0.3 is 0 Å². The molecule has 0 radical (unpaired) electrons. The van der Waals surface area contributed by atoms with Crippen molar-refractivity contribution in [1.29, 1.82) is 0 Å². The fourth-order valence-electron chi connectivity index (χ4n) is 3.55. The SMILES string of the molecule is NCCCCCCC(Nc1ncnc2c1ncn2[C@@H]1O[C@H](CO)C(O)C1O)C(N)=O. The molecule has 1 aliphatic heterocycles. The van der Waals surface area contributed by atoms with Crippen LogP contribution in [-0.4, -0.2) is 78.3 Å². The van der Waals surface area contributed by atoms with Crippen LogP contribution in [0.25, 0.3) is 11.2 Å². The van der Waals surface area contributed by atoms with E-state index in [0.29, 0.717) is 29.9 Å². The Kier molecular flexibility index (Phi) is 7.50. The Labute approximate surface area is 173 Å². The van der Waals surface area contributed by atoms with Crippen LogP contribution in [-0.2, 0) is 9.53 Å². The predicted molar refractivity (Wildman–Crippen MR) is 107 cm³/mol. The molecule has 1 aliphatic rings. The molecule has 1 saturated heterocycles. The number of aromatic nitrogens is 4. The van der Waals surface area contributed by atoms with Gasteiger partial charge in [-0.2, -0.15) is 0 Å². The molecule has 0 aromatic carbocycles. The van der Waals surface area contributed by atoms with E-state index in [0.717, 1.165) is 25.7 Å². The Hall–Kier alpha value is -2.38. The molecule has 1 fully saturated rings. The maximum absolute atomic E-state index is 11.9. The zero-order valence-electron chi connectivity index (χ0n) is 16.6. The number of amides is 1. The first-order valence-corrected chi connectivity index (χ1v) is 10.0. The lowest BCUT2D eigenvalue weighted by Crippen LogP contribution is -2.35. The van der Waals surface area contributed by atoms with Crippen molar-refractivity contribution in [1.82, 2.24) is 19.5 Å². The molecular weight excluding hydrogens is 394 g/mol. The van der Waals surface area contributed by atoms with Gasteiger partial charge in [0.15, 0.2) is 23.2 Å². The van der Waals surface area contributed by atoms with Crippen molar-refractivity contribution in [3.63, 3.8) is 0 Å². The molecule has 5 atom stereocenters. The molecule has 166 valence electrons. The predicted octanol–water partition coefficient (Wildman–Crippen LogP) is -1.39. The van der Waals surface area contributed by atoms with Crippen LogP contribution in [0.5, 0.6) is 0 Å². The summed E-state index contributed by atoms with van der Waals surface area (Å²) in [6, 6.07) is -0.625. The van der Waals surface area contributed by atoms with E-state index in [1.54, 1.807) is 0 Å². The van der Waals surface area contributed by atoms with Gasteiger partial charge in [0.25, 0.3) is 0 Å². The summed E-state index contributed by atoms with van der Waals surface area (Å²) in [6.07, 6.45) is 2.54. The molecule has 1 amide bonds. The number of unbranched alkanes of at least 4 members (excludes halogenated alkanes) is 3. The van der Waals surface area contributed by atoms with Crippen LogP contribution in [0.3, 0.4) is 0 Å². The Bertz CT molecular complexity index is 847. The summed E-state index contributed by atoms with van der Waals surface area (Å²) >= 11 is 0. The highest BCUT2D eigenvalue weighted by Crippen LogP contribution is 2.32. The topological polar surface area (TPSA) is 195 Å². The molecule has 2 aromatic heterocycles. The minimum absolute atomic E-state index is 0.330. The monoisotopic (exact) mass is 423 g/mol. The van der Waals surface area contributed by atoms with Crippen LogP contribution in [0.4, 0.5) is 5.82 Å². The summed E-state index contributed by atoms with van der Waals surface area (Å²) < 4.78 is 7.00. The second kappa shape index (κ2) is 10.1. The summed E-state index contributed by atoms with van der Waals surface area (Å²) in [5, 5.41) is 32.6. The Morgan fingerprint density at radius 1 is 1.20 bits per heavy atom. The van der Waals surface area contributed by atoms with Crippen molar-refractivity contribution in [3.8, 4) is 0 Å². The number of rotatable bonds is 11. The zero-order chi connectivity index (χ0) is 21.7. The minimum Gasteiger partial charge on any atom is -0.394 e. The van der Waals surface area contributed by atoms with Crippen molar-refractivity contribution >= 4 is 22.9 Å². The number of primary amides is 1. The fourth-order valence-corrected chi connectivity index (χ4v) is 3.55. The third kappa shape index (κ3) is 4.68. The number of aliphatic hydroxyl groups is 3. The van der Waals surface area contributed by atoms with Crippen LogP contribution in [0.2, 0.25) is 0 Å². The number of nitrogens with one attached hydrogen (secondary N) is 1. The van der Waals surface area contributed by atoms with Gasteiger partial charge in [0.2, 0.25) is 5.91 Å². The molecule has 12 heteroatoms. The summed E-state index contributed by atoms with van der Waals surface area (Å²) in [5.74, 6) is -0.167. The average Bonchev–Trinajstić information content (AvgIpc) is 3.28. The van der Waals surface area contributed by atoms with Crippen LogP contribution in [0.15, 0.2) is 12.7 Å². The lowest BCUT2D eigenvalue weighted by atomic mass is 10.1. The first-order chi connectivity index (χ1) is 14.5.